The van der Waals surface area contributed by atoms with Gasteiger partial charge in [-0.1, -0.05) is 39.5 Å². The third-order valence-electron chi connectivity index (χ3n) is 3.10. The molecule has 0 aliphatic rings. The lowest BCUT2D eigenvalue weighted by molar-refractivity contribution is 0.440. The van der Waals surface area contributed by atoms with Gasteiger partial charge in [0.2, 0.25) is 0 Å². The topological polar surface area (TPSA) is 24.9 Å². The van der Waals surface area contributed by atoms with Gasteiger partial charge in [-0.2, -0.15) is 0 Å². The van der Waals surface area contributed by atoms with Crippen LogP contribution in [0.1, 0.15) is 64.1 Å². The molecule has 1 unspecified atom stereocenters. The van der Waals surface area contributed by atoms with Crippen LogP contribution in [0.3, 0.4) is 0 Å². The summed E-state index contributed by atoms with van der Waals surface area (Å²) in [5.74, 6) is -0.193. The van der Waals surface area contributed by atoms with Crippen LogP contribution in [0.4, 0.5) is 4.39 Å². The molecule has 1 aromatic rings. The number of halogens is 1. The Balaban J connectivity index is 2.57. The van der Waals surface area contributed by atoms with Gasteiger partial charge in [-0.25, -0.2) is 4.39 Å². The molecule has 0 saturated carbocycles. The van der Waals surface area contributed by atoms with E-state index in [1.165, 1.54) is 25.3 Å². The minimum absolute atomic E-state index is 0.0583. The quantitative estimate of drug-likeness (QED) is 0.665. The van der Waals surface area contributed by atoms with Gasteiger partial charge in [-0.15, -0.1) is 0 Å². The van der Waals surface area contributed by atoms with Crippen molar-refractivity contribution in [2.45, 2.75) is 58.4 Å². The highest BCUT2D eigenvalue weighted by Gasteiger charge is 2.15. The minimum atomic E-state index is -0.193. The number of pyridine rings is 1. The molecule has 1 atom stereocenters. The van der Waals surface area contributed by atoms with E-state index < -0.39 is 0 Å². The maximum atomic E-state index is 13.7. The van der Waals surface area contributed by atoms with Gasteiger partial charge < -0.3 is 5.32 Å². The first kappa shape index (κ1) is 15.1. The Kier molecular flexibility index (Phi) is 7.58. The smallest absolute Gasteiger partial charge is 0.146 e. The summed E-state index contributed by atoms with van der Waals surface area (Å²) in [6.45, 7) is 5.23. The van der Waals surface area contributed by atoms with Crippen LogP contribution in [0.5, 0.6) is 0 Å². The van der Waals surface area contributed by atoms with E-state index >= 15 is 0 Å². The molecule has 1 N–H and O–H groups in total. The number of unbranched alkanes of at least 4 members (excludes halogenated alkanes) is 3. The average Bonchev–Trinajstić information content (AvgIpc) is 2.39. The average molecular weight is 252 g/mol. The van der Waals surface area contributed by atoms with Gasteiger partial charge in [0.15, 0.2) is 0 Å². The molecule has 1 aromatic heterocycles. The minimum Gasteiger partial charge on any atom is -0.309 e. The predicted octanol–water partition coefficient (Wildman–Crippen LogP) is 4.23. The van der Waals surface area contributed by atoms with E-state index in [4.69, 9.17) is 0 Å². The molecule has 3 heteroatoms. The first-order valence-electron chi connectivity index (χ1n) is 7.13. The van der Waals surface area contributed by atoms with Gasteiger partial charge in [0.25, 0.3) is 0 Å². The lowest BCUT2D eigenvalue weighted by atomic mass is 10.0. The van der Waals surface area contributed by atoms with Crippen molar-refractivity contribution in [2.75, 3.05) is 6.54 Å². The second-order valence-electron chi connectivity index (χ2n) is 4.73. The van der Waals surface area contributed by atoms with Crippen molar-refractivity contribution < 1.29 is 4.39 Å². The molecule has 0 amide bonds. The van der Waals surface area contributed by atoms with Crippen molar-refractivity contribution in [3.63, 3.8) is 0 Å². The maximum absolute atomic E-state index is 13.7. The summed E-state index contributed by atoms with van der Waals surface area (Å²) in [4.78, 5) is 4.19. The highest BCUT2D eigenvalue weighted by Crippen LogP contribution is 2.20. The summed E-state index contributed by atoms with van der Waals surface area (Å²) in [6.07, 6.45) is 8.52. The van der Waals surface area contributed by atoms with E-state index in [0.717, 1.165) is 25.8 Å². The van der Waals surface area contributed by atoms with Crippen LogP contribution in [0, 0.1) is 5.82 Å². The number of hydrogen-bond acceptors (Lipinski definition) is 2. The van der Waals surface area contributed by atoms with Gasteiger partial charge in [-0.3, -0.25) is 4.98 Å². The van der Waals surface area contributed by atoms with Gasteiger partial charge in [0.1, 0.15) is 5.82 Å². The Labute approximate surface area is 110 Å². The second-order valence-corrected chi connectivity index (χ2v) is 4.73. The number of nitrogens with zero attached hydrogens (tertiary/aromatic N) is 1. The summed E-state index contributed by atoms with van der Waals surface area (Å²) >= 11 is 0. The molecule has 0 aliphatic carbocycles. The Hall–Kier alpha value is -0.960. The molecule has 2 nitrogen and oxygen atoms in total. The third-order valence-corrected chi connectivity index (χ3v) is 3.10. The van der Waals surface area contributed by atoms with E-state index in [9.17, 15) is 4.39 Å². The summed E-state index contributed by atoms with van der Waals surface area (Å²) in [5, 5.41) is 3.40. The Bertz CT molecular complexity index is 328. The normalized spacial score (nSPS) is 12.6. The van der Waals surface area contributed by atoms with Gasteiger partial charge in [0.05, 0.1) is 11.7 Å². The van der Waals surface area contributed by atoms with E-state index in [2.05, 4.69) is 24.1 Å². The zero-order valence-corrected chi connectivity index (χ0v) is 11.6. The fraction of sp³-hybridized carbons (Fsp3) is 0.667. The fourth-order valence-corrected chi connectivity index (χ4v) is 2.08. The lowest BCUT2D eigenvalue weighted by Crippen LogP contribution is -2.24. The fourth-order valence-electron chi connectivity index (χ4n) is 2.08. The summed E-state index contributed by atoms with van der Waals surface area (Å²) in [6, 6.07) is 3.20. The molecule has 0 saturated heterocycles. The van der Waals surface area contributed by atoms with E-state index in [0.29, 0.717) is 5.69 Å². The zero-order valence-electron chi connectivity index (χ0n) is 11.6. The first-order chi connectivity index (χ1) is 8.79. The molecular weight excluding hydrogens is 227 g/mol. The number of rotatable bonds is 9. The molecule has 0 aliphatic heterocycles. The molecule has 1 rings (SSSR count). The van der Waals surface area contributed by atoms with Crippen molar-refractivity contribution in [2.24, 2.45) is 0 Å². The highest BCUT2D eigenvalue weighted by atomic mass is 19.1. The molecule has 0 radical (unpaired) electrons. The van der Waals surface area contributed by atoms with Crippen molar-refractivity contribution in [3.8, 4) is 0 Å². The highest BCUT2D eigenvalue weighted by molar-refractivity contribution is 5.11. The van der Waals surface area contributed by atoms with Crippen LogP contribution in [0.25, 0.3) is 0 Å². The van der Waals surface area contributed by atoms with Crippen LogP contribution in [0.15, 0.2) is 18.3 Å². The molecule has 0 fully saturated rings. The first-order valence-corrected chi connectivity index (χ1v) is 7.13. The van der Waals surface area contributed by atoms with E-state index in [1.807, 2.05) is 0 Å². The van der Waals surface area contributed by atoms with Crippen LogP contribution >= 0.6 is 0 Å². The molecule has 102 valence electrons. The van der Waals surface area contributed by atoms with Crippen LogP contribution < -0.4 is 5.32 Å². The Morgan fingerprint density at radius 1 is 1.22 bits per heavy atom. The second kappa shape index (κ2) is 9.03. The third kappa shape index (κ3) is 5.13. The van der Waals surface area contributed by atoms with Gasteiger partial charge in [0, 0.05) is 6.20 Å². The zero-order chi connectivity index (χ0) is 13.2. The lowest BCUT2D eigenvalue weighted by Gasteiger charge is -2.18. The van der Waals surface area contributed by atoms with Gasteiger partial charge in [-0.05, 0) is 31.5 Å². The van der Waals surface area contributed by atoms with E-state index in [1.54, 1.807) is 12.3 Å². The molecule has 0 aromatic carbocycles. The standard InChI is InChI=1S/C15H25FN2/c1-3-5-6-7-10-14(17-11-4-2)15-13(16)9-8-12-18-15/h8-9,12,14,17H,3-7,10-11H2,1-2H3. The van der Waals surface area contributed by atoms with Crippen LogP contribution in [-0.4, -0.2) is 11.5 Å². The molecule has 18 heavy (non-hydrogen) atoms. The van der Waals surface area contributed by atoms with Crippen molar-refractivity contribution in [1.82, 2.24) is 10.3 Å². The number of hydrogen-bond donors (Lipinski definition) is 1. The molecule has 1 heterocycles. The largest absolute Gasteiger partial charge is 0.309 e. The molecular formula is C15H25FN2. The summed E-state index contributed by atoms with van der Waals surface area (Å²) in [5.41, 5.74) is 0.572. The van der Waals surface area contributed by atoms with Gasteiger partial charge >= 0.3 is 0 Å². The number of aromatic nitrogens is 1. The van der Waals surface area contributed by atoms with Crippen LogP contribution in [-0.2, 0) is 0 Å². The molecule has 0 bridgehead atoms. The predicted molar refractivity (Wildman–Crippen MR) is 74.0 cm³/mol. The summed E-state index contributed by atoms with van der Waals surface area (Å²) < 4.78 is 13.7. The maximum Gasteiger partial charge on any atom is 0.146 e. The summed E-state index contributed by atoms with van der Waals surface area (Å²) in [7, 11) is 0. The van der Waals surface area contributed by atoms with Crippen molar-refractivity contribution >= 4 is 0 Å². The molecule has 0 spiro atoms. The van der Waals surface area contributed by atoms with E-state index in [-0.39, 0.29) is 11.9 Å². The van der Waals surface area contributed by atoms with Crippen LogP contribution in [0.2, 0.25) is 0 Å². The monoisotopic (exact) mass is 252 g/mol. The Morgan fingerprint density at radius 3 is 2.72 bits per heavy atom. The van der Waals surface area contributed by atoms with Crippen molar-refractivity contribution in [3.05, 3.63) is 29.8 Å². The Morgan fingerprint density at radius 2 is 2.06 bits per heavy atom. The SMILES string of the molecule is CCCCCCC(NCCC)c1ncccc1F. The number of nitrogens with one attached hydrogen (secondary N) is 1. The van der Waals surface area contributed by atoms with Crippen molar-refractivity contribution in [1.29, 1.82) is 0 Å².